The lowest BCUT2D eigenvalue weighted by atomic mass is 10.0. The molecule has 3 aromatic rings. The molecule has 1 aliphatic rings. The minimum Gasteiger partial charge on any atom is -0.388 e. The van der Waals surface area contributed by atoms with Crippen molar-refractivity contribution in [2.75, 3.05) is 28.7 Å². The summed E-state index contributed by atoms with van der Waals surface area (Å²) in [4.78, 5) is 20.5. The first-order chi connectivity index (χ1) is 12.6. The number of carbonyl (C=O) groups excluding carboxylic acids is 1. The van der Waals surface area contributed by atoms with E-state index in [2.05, 4.69) is 25.9 Å². The van der Waals surface area contributed by atoms with Crippen LogP contribution < -0.4 is 21.7 Å². The van der Waals surface area contributed by atoms with Gasteiger partial charge in [0, 0.05) is 41.4 Å². The molecule has 5 N–H and O–H groups in total. The van der Waals surface area contributed by atoms with Crippen LogP contribution in [-0.2, 0) is 11.2 Å². The van der Waals surface area contributed by atoms with E-state index in [4.69, 9.17) is 5.73 Å². The van der Waals surface area contributed by atoms with Crippen molar-refractivity contribution in [2.24, 2.45) is 0 Å². The molecule has 0 radical (unpaired) electrons. The van der Waals surface area contributed by atoms with E-state index in [-0.39, 0.29) is 18.3 Å². The quantitative estimate of drug-likeness (QED) is 0.581. The summed E-state index contributed by atoms with van der Waals surface area (Å²) in [5.74, 6) is 0.0877. The molecule has 130 valence electrons. The van der Waals surface area contributed by atoms with Gasteiger partial charge in [-0.05, 0) is 42.5 Å². The molecule has 7 heteroatoms. The largest absolute Gasteiger partial charge is 0.388 e. The first-order valence-corrected chi connectivity index (χ1v) is 8.23. The number of anilines is 5. The van der Waals surface area contributed by atoms with Gasteiger partial charge in [-0.1, -0.05) is 0 Å². The zero-order valence-corrected chi connectivity index (χ0v) is 14.2. The van der Waals surface area contributed by atoms with Crippen molar-refractivity contribution < 1.29 is 4.79 Å². The normalized spacial score (nSPS) is 12.4. The van der Waals surface area contributed by atoms with Crippen LogP contribution in [0.2, 0.25) is 0 Å². The molecule has 2 aromatic carbocycles. The maximum Gasteiger partial charge on any atom is 0.228 e. The Morgan fingerprint density at radius 1 is 1.08 bits per heavy atom. The highest BCUT2D eigenvalue weighted by Gasteiger charge is 2.21. The van der Waals surface area contributed by atoms with Gasteiger partial charge in [-0.25, -0.2) is 9.97 Å². The summed E-state index contributed by atoms with van der Waals surface area (Å²) in [5, 5.41) is 9.36. The SMILES string of the molecule is CNc1ccc(Nc2ccc3c(c2)NC(=O)Cc2cnc(N)nc2-3)cc1. The highest BCUT2D eigenvalue weighted by Crippen LogP contribution is 2.35. The molecule has 0 saturated heterocycles. The van der Waals surface area contributed by atoms with Crippen molar-refractivity contribution in [1.82, 2.24) is 9.97 Å². The topological polar surface area (TPSA) is 105 Å². The molecule has 0 fully saturated rings. The second-order valence-corrected chi connectivity index (χ2v) is 6.04. The molecule has 26 heavy (non-hydrogen) atoms. The Kier molecular flexibility index (Phi) is 3.89. The third kappa shape index (κ3) is 3.02. The number of rotatable bonds is 3. The van der Waals surface area contributed by atoms with Gasteiger partial charge in [0.1, 0.15) is 0 Å². The first-order valence-electron chi connectivity index (χ1n) is 8.23. The molecular formula is C19H18N6O. The van der Waals surface area contributed by atoms with Crippen LogP contribution in [0.1, 0.15) is 5.56 Å². The van der Waals surface area contributed by atoms with Crippen LogP contribution in [0.3, 0.4) is 0 Å². The molecule has 0 aliphatic carbocycles. The van der Waals surface area contributed by atoms with Crippen molar-refractivity contribution in [3.63, 3.8) is 0 Å². The van der Waals surface area contributed by atoms with Crippen molar-refractivity contribution in [1.29, 1.82) is 0 Å². The van der Waals surface area contributed by atoms with E-state index in [0.717, 1.165) is 28.2 Å². The summed E-state index contributed by atoms with van der Waals surface area (Å²) in [6, 6.07) is 13.7. The number of fused-ring (bicyclic) bond motifs is 3. The predicted molar refractivity (Wildman–Crippen MR) is 103 cm³/mol. The summed E-state index contributed by atoms with van der Waals surface area (Å²) in [5.41, 5.74) is 11.6. The molecule has 0 atom stereocenters. The number of nitrogens with one attached hydrogen (secondary N) is 3. The monoisotopic (exact) mass is 346 g/mol. The Morgan fingerprint density at radius 2 is 1.81 bits per heavy atom. The molecule has 1 amide bonds. The Labute approximate surface area is 150 Å². The van der Waals surface area contributed by atoms with E-state index in [1.54, 1.807) is 6.20 Å². The van der Waals surface area contributed by atoms with Crippen LogP contribution >= 0.6 is 0 Å². The Balaban J connectivity index is 1.70. The standard InChI is InChI=1S/C19H18N6O/c1-21-12-2-4-13(5-3-12)23-14-6-7-15-16(9-14)24-17(26)8-11-10-22-19(20)25-18(11)15/h2-7,9-10,21,23H,8H2,1H3,(H,24,26)(H2,20,22,25). The van der Waals surface area contributed by atoms with Gasteiger partial charge in [0.2, 0.25) is 11.9 Å². The number of amides is 1. The lowest BCUT2D eigenvalue weighted by molar-refractivity contribution is -0.115. The smallest absolute Gasteiger partial charge is 0.228 e. The summed E-state index contributed by atoms with van der Waals surface area (Å²) < 4.78 is 0. The van der Waals surface area contributed by atoms with E-state index in [1.807, 2.05) is 49.5 Å². The Morgan fingerprint density at radius 3 is 2.58 bits per heavy atom. The van der Waals surface area contributed by atoms with Gasteiger partial charge in [-0.2, -0.15) is 0 Å². The second-order valence-electron chi connectivity index (χ2n) is 6.04. The highest BCUT2D eigenvalue weighted by atomic mass is 16.1. The molecule has 1 aliphatic heterocycles. The number of aromatic nitrogens is 2. The van der Waals surface area contributed by atoms with Crippen molar-refractivity contribution >= 4 is 34.6 Å². The van der Waals surface area contributed by atoms with E-state index >= 15 is 0 Å². The van der Waals surface area contributed by atoms with E-state index < -0.39 is 0 Å². The third-order valence-electron chi connectivity index (χ3n) is 4.25. The maximum atomic E-state index is 12.2. The van der Waals surface area contributed by atoms with E-state index in [0.29, 0.717) is 11.4 Å². The number of nitrogen functional groups attached to an aromatic ring is 1. The van der Waals surface area contributed by atoms with Gasteiger partial charge >= 0.3 is 0 Å². The number of benzene rings is 2. The van der Waals surface area contributed by atoms with Crippen molar-refractivity contribution in [2.45, 2.75) is 6.42 Å². The molecule has 0 saturated carbocycles. The van der Waals surface area contributed by atoms with Crippen LogP contribution in [-0.4, -0.2) is 22.9 Å². The number of carbonyl (C=O) groups is 1. The van der Waals surface area contributed by atoms with Gasteiger partial charge < -0.3 is 21.7 Å². The first kappa shape index (κ1) is 15.9. The fraction of sp³-hybridized carbons (Fsp3) is 0.105. The van der Waals surface area contributed by atoms with E-state index in [1.165, 1.54) is 0 Å². The number of nitrogens with two attached hydrogens (primary N) is 1. The lowest BCUT2D eigenvalue weighted by Gasteiger charge is -2.12. The zero-order valence-electron chi connectivity index (χ0n) is 14.2. The van der Waals surface area contributed by atoms with Crippen LogP contribution in [0.4, 0.5) is 28.7 Å². The summed E-state index contributed by atoms with van der Waals surface area (Å²) in [6.45, 7) is 0. The fourth-order valence-electron chi connectivity index (χ4n) is 2.97. The average Bonchev–Trinajstić information content (AvgIpc) is 2.77. The van der Waals surface area contributed by atoms with Gasteiger partial charge in [0.05, 0.1) is 17.8 Å². The van der Waals surface area contributed by atoms with Gasteiger partial charge in [0.25, 0.3) is 0 Å². The molecular weight excluding hydrogens is 328 g/mol. The van der Waals surface area contributed by atoms with Crippen LogP contribution in [0, 0.1) is 0 Å². The molecule has 7 nitrogen and oxygen atoms in total. The predicted octanol–water partition coefficient (Wildman–Crippen LogP) is 3.01. The molecule has 0 bridgehead atoms. The fourth-order valence-corrected chi connectivity index (χ4v) is 2.97. The van der Waals surface area contributed by atoms with Crippen LogP contribution in [0.5, 0.6) is 0 Å². The lowest BCUT2D eigenvalue weighted by Crippen LogP contribution is -2.13. The minimum absolute atomic E-state index is 0.103. The van der Waals surface area contributed by atoms with E-state index in [9.17, 15) is 4.79 Å². The minimum atomic E-state index is -0.103. The Bertz CT molecular complexity index is 984. The van der Waals surface area contributed by atoms with Crippen molar-refractivity contribution in [3.05, 3.63) is 54.2 Å². The van der Waals surface area contributed by atoms with Gasteiger partial charge in [0.15, 0.2) is 0 Å². The number of nitrogens with zero attached hydrogens (tertiary/aromatic N) is 2. The second kappa shape index (κ2) is 6.36. The summed E-state index contributed by atoms with van der Waals surface area (Å²) in [6.07, 6.45) is 1.83. The molecule has 4 rings (SSSR count). The molecule has 0 spiro atoms. The highest BCUT2D eigenvalue weighted by molar-refractivity contribution is 6.00. The molecule has 0 unspecified atom stereocenters. The van der Waals surface area contributed by atoms with Crippen LogP contribution in [0.15, 0.2) is 48.7 Å². The number of hydrogen-bond acceptors (Lipinski definition) is 6. The Hall–Kier alpha value is -3.61. The third-order valence-corrected chi connectivity index (χ3v) is 4.25. The molecule has 2 heterocycles. The van der Waals surface area contributed by atoms with Crippen molar-refractivity contribution in [3.8, 4) is 11.3 Å². The van der Waals surface area contributed by atoms with Crippen LogP contribution in [0.25, 0.3) is 11.3 Å². The summed E-state index contributed by atoms with van der Waals surface area (Å²) in [7, 11) is 1.88. The summed E-state index contributed by atoms with van der Waals surface area (Å²) >= 11 is 0. The molecule has 1 aromatic heterocycles. The zero-order chi connectivity index (χ0) is 18.1. The average molecular weight is 346 g/mol. The van der Waals surface area contributed by atoms with Gasteiger partial charge in [-0.3, -0.25) is 4.79 Å². The maximum absolute atomic E-state index is 12.2. The van der Waals surface area contributed by atoms with Gasteiger partial charge in [-0.15, -0.1) is 0 Å². The number of hydrogen-bond donors (Lipinski definition) is 4.